The van der Waals surface area contributed by atoms with Crippen molar-refractivity contribution in [1.82, 2.24) is 15.1 Å². The largest absolute Gasteiger partial charge is 0.467 e. The molecule has 0 aliphatic carbocycles. The van der Waals surface area contributed by atoms with Gasteiger partial charge in [-0.1, -0.05) is 43.7 Å². The summed E-state index contributed by atoms with van der Waals surface area (Å²) in [5, 5.41) is 10.5. The predicted octanol–water partition coefficient (Wildman–Crippen LogP) is 5.24. The maximum atomic E-state index is 13.8. The molecule has 6 atom stereocenters. The Bertz CT molecular complexity index is 1660. The van der Waals surface area contributed by atoms with Crippen LogP contribution in [0.25, 0.3) is 10.9 Å². The number of nitrogens with one attached hydrogen (secondary N) is 1. The molecule has 4 aromatic rings. The standard InChI is InChI=1S/C36H40N6O2/c1-2-24-23-40-20-16-26(24)22-32(40)35(28-15-18-37-29-10-5-4-9-27(28)29)44-34-14-13-33(38-39-34)41-19-7-12-31(41)36(43)42-21-17-25-8-3-6-11-30(25)42/h3-6,8-11,13-15,18,24,26,31-32,35H,2,7,12,16-17,19-23H2,1H3/p+1/t24-,26+,31+,32-,35-/m0/s1. The van der Waals surface area contributed by atoms with Crippen LogP contribution in [0, 0.1) is 11.8 Å². The van der Waals surface area contributed by atoms with Crippen LogP contribution in [0.15, 0.2) is 72.9 Å². The van der Waals surface area contributed by atoms with Crippen molar-refractivity contribution in [3.05, 3.63) is 84.1 Å². The Kier molecular flexibility index (Phi) is 7.17. The van der Waals surface area contributed by atoms with Gasteiger partial charge in [0.15, 0.2) is 12.0 Å². The first-order valence-corrected chi connectivity index (χ1v) is 16.5. The molecule has 2 aromatic carbocycles. The Morgan fingerprint density at radius 2 is 1.89 bits per heavy atom. The Balaban J connectivity index is 1.06. The van der Waals surface area contributed by atoms with E-state index in [1.807, 2.05) is 29.3 Å². The zero-order valence-electron chi connectivity index (χ0n) is 25.4. The van der Waals surface area contributed by atoms with E-state index >= 15 is 0 Å². The van der Waals surface area contributed by atoms with Crippen molar-refractivity contribution in [2.45, 2.75) is 63.6 Å². The first-order valence-electron chi connectivity index (χ1n) is 16.5. The van der Waals surface area contributed by atoms with Crippen LogP contribution in [0.2, 0.25) is 0 Å². The van der Waals surface area contributed by atoms with Gasteiger partial charge in [0, 0.05) is 49.1 Å². The smallest absolute Gasteiger partial charge is 0.249 e. The van der Waals surface area contributed by atoms with Gasteiger partial charge in [0.1, 0.15) is 12.1 Å². The number of H-pyrrole nitrogens is 1. The summed E-state index contributed by atoms with van der Waals surface area (Å²) in [6.07, 6.45) is 8.22. The van der Waals surface area contributed by atoms with Crippen LogP contribution in [0.4, 0.5) is 11.5 Å². The molecule has 2 bridgehead atoms. The molecular formula is C36H41N6O2+. The van der Waals surface area contributed by atoms with Crippen LogP contribution in [0.5, 0.6) is 5.88 Å². The van der Waals surface area contributed by atoms with Gasteiger partial charge in [0.25, 0.3) is 0 Å². The monoisotopic (exact) mass is 589 g/mol. The number of amides is 1. The minimum atomic E-state index is -0.223. The summed E-state index contributed by atoms with van der Waals surface area (Å²) in [7, 11) is 0. The fraction of sp³-hybridized carbons (Fsp3) is 0.444. The van der Waals surface area contributed by atoms with E-state index in [1.165, 1.54) is 29.4 Å². The minimum Gasteiger partial charge on any atom is -0.467 e. The molecule has 4 fully saturated rings. The number of aromatic nitrogens is 3. The summed E-state index contributed by atoms with van der Waals surface area (Å²) >= 11 is 0. The number of fused-ring (bicyclic) bond motifs is 5. The SMILES string of the molecule is CC[C@H]1CN2CC[C@@H]1C[C@H]2[C@@H](Oc1ccc(N2CCC[C@@H]2C(=O)N2CCc3ccccc32)nn1)c1cc[nH+]c2ccccc12. The quantitative estimate of drug-likeness (QED) is 0.294. The van der Waals surface area contributed by atoms with Gasteiger partial charge < -0.3 is 14.5 Å². The van der Waals surface area contributed by atoms with Crippen molar-refractivity contribution in [3.8, 4) is 5.88 Å². The molecule has 226 valence electrons. The maximum absolute atomic E-state index is 13.8. The number of rotatable bonds is 7. The van der Waals surface area contributed by atoms with E-state index in [2.05, 4.69) is 80.4 Å². The fourth-order valence-electron chi connectivity index (χ4n) is 8.43. The number of piperidine rings is 3. The minimum absolute atomic E-state index is 0.161. The lowest BCUT2D eigenvalue weighted by atomic mass is 9.72. The molecule has 2 aromatic heterocycles. The van der Waals surface area contributed by atoms with Crippen LogP contribution in [-0.4, -0.2) is 59.3 Å². The molecule has 1 N–H and O–H groups in total. The molecule has 0 saturated carbocycles. The average Bonchev–Trinajstić information content (AvgIpc) is 3.75. The molecular weight excluding hydrogens is 548 g/mol. The average molecular weight is 590 g/mol. The van der Waals surface area contributed by atoms with Crippen molar-refractivity contribution in [2.75, 3.05) is 36.0 Å². The number of carbonyl (C=O) groups excluding carboxylic acids is 1. The molecule has 9 rings (SSSR count). The van der Waals surface area contributed by atoms with E-state index in [-0.39, 0.29) is 24.1 Å². The van der Waals surface area contributed by atoms with Gasteiger partial charge in [-0.15, -0.1) is 10.2 Å². The number of pyridine rings is 1. The molecule has 0 spiro atoms. The first-order chi connectivity index (χ1) is 21.7. The van der Waals surface area contributed by atoms with E-state index in [9.17, 15) is 4.79 Å². The molecule has 7 heterocycles. The number of nitrogens with zero attached hydrogens (tertiary/aromatic N) is 5. The third kappa shape index (κ3) is 4.80. The highest BCUT2D eigenvalue weighted by molar-refractivity contribution is 6.00. The Labute approximate surface area is 259 Å². The van der Waals surface area contributed by atoms with E-state index < -0.39 is 0 Å². The Hall–Kier alpha value is -4.04. The van der Waals surface area contributed by atoms with Gasteiger partial charge in [0.05, 0.1) is 11.4 Å². The summed E-state index contributed by atoms with van der Waals surface area (Å²) in [6, 6.07) is 22.9. The third-order valence-corrected chi connectivity index (χ3v) is 10.7. The molecule has 5 aliphatic rings. The second-order valence-corrected chi connectivity index (χ2v) is 13.0. The molecule has 1 unspecified atom stereocenters. The van der Waals surface area contributed by atoms with Gasteiger partial charge in [0.2, 0.25) is 17.3 Å². The third-order valence-electron chi connectivity index (χ3n) is 10.7. The van der Waals surface area contributed by atoms with E-state index in [4.69, 9.17) is 4.74 Å². The molecule has 1 amide bonds. The van der Waals surface area contributed by atoms with E-state index in [0.29, 0.717) is 5.88 Å². The zero-order chi connectivity index (χ0) is 29.6. The number of carbonyl (C=O) groups is 1. The molecule has 8 nitrogen and oxygen atoms in total. The number of hydrogen-bond donors (Lipinski definition) is 0. The van der Waals surface area contributed by atoms with E-state index in [1.54, 1.807) is 0 Å². The summed E-state index contributed by atoms with van der Waals surface area (Å²) in [5.41, 5.74) is 4.59. The number of para-hydroxylation sites is 2. The van der Waals surface area contributed by atoms with Crippen molar-refractivity contribution < 1.29 is 14.5 Å². The maximum Gasteiger partial charge on any atom is 0.249 e. The number of anilines is 2. The Morgan fingerprint density at radius 1 is 1.00 bits per heavy atom. The molecule has 0 radical (unpaired) electrons. The highest BCUT2D eigenvalue weighted by Crippen LogP contribution is 2.44. The van der Waals surface area contributed by atoms with Crippen molar-refractivity contribution in [3.63, 3.8) is 0 Å². The second kappa shape index (κ2) is 11.5. The molecule has 4 saturated heterocycles. The number of ether oxygens (including phenoxy) is 1. The lowest BCUT2D eigenvalue weighted by Crippen LogP contribution is -2.56. The van der Waals surface area contributed by atoms with Gasteiger partial charge in [-0.05, 0) is 74.2 Å². The van der Waals surface area contributed by atoms with Crippen molar-refractivity contribution in [2.24, 2.45) is 11.8 Å². The fourth-order valence-corrected chi connectivity index (χ4v) is 8.43. The predicted molar refractivity (Wildman–Crippen MR) is 171 cm³/mol. The van der Waals surface area contributed by atoms with Crippen LogP contribution >= 0.6 is 0 Å². The lowest BCUT2D eigenvalue weighted by molar-refractivity contribution is -0.344. The molecule has 44 heavy (non-hydrogen) atoms. The van der Waals surface area contributed by atoms with Crippen LogP contribution < -0.4 is 19.5 Å². The van der Waals surface area contributed by atoms with Crippen LogP contribution in [0.3, 0.4) is 0 Å². The summed E-state index contributed by atoms with van der Waals surface area (Å²) in [6.45, 7) is 6.13. The van der Waals surface area contributed by atoms with Gasteiger partial charge in [-0.3, -0.25) is 9.69 Å². The normalized spacial score (nSPS) is 26.6. The number of aromatic amines is 1. The summed E-state index contributed by atoms with van der Waals surface area (Å²) in [5.74, 6) is 2.94. The molecule has 5 aliphatic heterocycles. The Morgan fingerprint density at radius 3 is 2.73 bits per heavy atom. The van der Waals surface area contributed by atoms with E-state index in [0.717, 1.165) is 80.7 Å². The zero-order valence-corrected chi connectivity index (χ0v) is 25.4. The topological polar surface area (TPSA) is 75.9 Å². The van der Waals surface area contributed by atoms with Crippen LogP contribution in [-0.2, 0) is 11.2 Å². The van der Waals surface area contributed by atoms with Crippen molar-refractivity contribution >= 4 is 28.3 Å². The van der Waals surface area contributed by atoms with Crippen molar-refractivity contribution in [1.29, 1.82) is 0 Å². The summed E-state index contributed by atoms with van der Waals surface area (Å²) in [4.78, 5) is 23.9. The first kappa shape index (κ1) is 27.5. The highest BCUT2D eigenvalue weighted by Gasteiger charge is 2.44. The van der Waals surface area contributed by atoms with Gasteiger partial charge in [-0.25, -0.2) is 4.98 Å². The van der Waals surface area contributed by atoms with Crippen LogP contribution in [0.1, 0.15) is 56.3 Å². The highest BCUT2D eigenvalue weighted by atomic mass is 16.5. The molecule has 8 heteroatoms. The van der Waals surface area contributed by atoms with Gasteiger partial charge >= 0.3 is 0 Å². The van der Waals surface area contributed by atoms with Gasteiger partial charge in [-0.2, -0.15) is 0 Å². The lowest BCUT2D eigenvalue weighted by Gasteiger charge is -2.51. The summed E-state index contributed by atoms with van der Waals surface area (Å²) < 4.78 is 6.86. The number of hydrogen-bond acceptors (Lipinski definition) is 6. The number of benzene rings is 2. The second-order valence-electron chi connectivity index (χ2n) is 13.0.